The van der Waals surface area contributed by atoms with Crippen molar-refractivity contribution in [1.29, 1.82) is 0 Å². The smallest absolute Gasteiger partial charge is 0.235 e. The van der Waals surface area contributed by atoms with Gasteiger partial charge in [0.25, 0.3) is 0 Å². The van der Waals surface area contributed by atoms with E-state index in [0.717, 1.165) is 38.5 Å². The molecule has 3 N–H and O–H groups in total. The van der Waals surface area contributed by atoms with Gasteiger partial charge in [-0.05, 0) is 32.1 Å². The summed E-state index contributed by atoms with van der Waals surface area (Å²) in [5.41, 5.74) is 5.79. The number of unbranched alkanes of at least 4 members (excludes halogenated alkanes) is 2. The van der Waals surface area contributed by atoms with Crippen LogP contribution < -0.4 is 11.1 Å². The fraction of sp³-hybridized carbons (Fsp3) is 0.923. The third-order valence-electron chi connectivity index (χ3n) is 3.55. The minimum Gasteiger partial charge on any atom is -0.352 e. The number of hydrogen-bond donors (Lipinski definition) is 2. The molecule has 20 heavy (non-hydrogen) atoms. The molecule has 120 valence electrons. The minimum atomic E-state index is -3.25. The summed E-state index contributed by atoms with van der Waals surface area (Å²) in [5, 5.41) is 2.81. The molecule has 0 aromatic heterocycles. The SMILES string of the molecule is CCCCCS(=O)(=O)CC(=O)NC1CCC(N)CC1.Cl. The number of nitrogens with two attached hydrogens (primary N) is 1. The molecule has 0 aromatic carbocycles. The normalized spacial score (nSPS) is 22.9. The zero-order chi connectivity index (χ0) is 14.3. The second kappa shape index (κ2) is 9.58. The molecular weight excluding hydrogens is 300 g/mol. The van der Waals surface area contributed by atoms with Gasteiger partial charge in [0, 0.05) is 12.1 Å². The highest BCUT2D eigenvalue weighted by Gasteiger charge is 2.22. The molecule has 1 aliphatic carbocycles. The van der Waals surface area contributed by atoms with Gasteiger partial charge < -0.3 is 11.1 Å². The Morgan fingerprint density at radius 2 is 1.80 bits per heavy atom. The number of amides is 1. The monoisotopic (exact) mass is 326 g/mol. The topological polar surface area (TPSA) is 89.3 Å². The fourth-order valence-corrected chi connectivity index (χ4v) is 3.65. The van der Waals surface area contributed by atoms with Crippen molar-refractivity contribution in [1.82, 2.24) is 5.32 Å². The van der Waals surface area contributed by atoms with Gasteiger partial charge >= 0.3 is 0 Å². The van der Waals surface area contributed by atoms with Crippen LogP contribution in [0.4, 0.5) is 0 Å². The third kappa shape index (κ3) is 8.07. The fourth-order valence-electron chi connectivity index (χ4n) is 2.38. The van der Waals surface area contributed by atoms with Gasteiger partial charge in [-0.15, -0.1) is 12.4 Å². The number of carbonyl (C=O) groups excluding carboxylic acids is 1. The minimum absolute atomic E-state index is 0. The Hall–Kier alpha value is -0.330. The number of carbonyl (C=O) groups is 1. The molecule has 1 aliphatic rings. The average Bonchev–Trinajstić information content (AvgIpc) is 2.31. The van der Waals surface area contributed by atoms with E-state index in [1.165, 1.54) is 0 Å². The van der Waals surface area contributed by atoms with E-state index in [1.54, 1.807) is 0 Å². The molecule has 0 bridgehead atoms. The van der Waals surface area contributed by atoms with Crippen LogP contribution in [0.25, 0.3) is 0 Å². The second-order valence-corrected chi connectivity index (χ2v) is 7.66. The zero-order valence-corrected chi connectivity index (χ0v) is 13.8. The molecule has 0 spiro atoms. The maximum Gasteiger partial charge on any atom is 0.235 e. The van der Waals surface area contributed by atoms with E-state index in [1.807, 2.05) is 6.92 Å². The largest absolute Gasteiger partial charge is 0.352 e. The van der Waals surface area contributed by atoms with Crippen molar-refractivity contribution in [3.8, 4) is 0 Å². The lowest BCUT2D eigenvalue weighted by Gasteiger charge is -2.26. The number of hydrogen-bond acceptors (Lipinski definition) is 4. The van der Waals surface area contributed by atoms with E-state index in [4.69, 9.17) is 5.73 Å². The molecule has 0 heterocycles. The third-order valence-corrected chi connectivity index (χ3v) is 5.16. The van der Waals surface area contributed by atoms with Crippen LogP contribution in [0.1, 0.15) is 51.9 Å². The summed E-state index contributed by atoms with van der Waals surface area (Å²) < 4.78 is 23.5. The van der Waals surface area contributed by atoms with E-state index in [2.05, 4.69) is 5.32 Å². The lowest BCUT2D eigenvalue weighted by Crippen LogP contribution is -2.42. The summed E-state index contributed by atoms with van der Waals surface area (Å²) in [6, 6.07) is 0.323. The maximum absolute atomic E-state index is 11.7. The summed E-state index contributed by atoms with van der Waals surface area (Å²) in [6.45, 7) is 2.02. The Labute approximate surface area is 128 Å². The quantitative estimate of drug-likeness (QED) is 0.692. The lowest BCUT2D eigenvalue weighted by atomic mass is 9.92. The van der Waals surface area contributed by atoms with E-state index < -0.39 is 9.84 Å². The Balaban J connectivity index is 0.00000361. The summed E-state index contributed by atoms with van der Waals surface area (Å²) >= 11 is 0. The molecule has 1 amide bonds. The van der Waals surface area contributed by atoms with Crippen molar-refractivity contribution >= 4 is 28.2 Å². The highest BCUT2D eigenvalue weighted by molar-refractivity contribution is 7.92. The standard InChI is InChI=1S/C13H26N2O3S.ClH/c1-2-3-4-9-19(17,18)10-13(16)15-12-7-5-11(14)6-8-12;/h11-12H,2-10,14H2,1H3,(H,15,16);1H. The van der Waals surface area contributed by atoms with Crippen LogP contribution in [0.5, 0.6) is 0 Å². The Morgan fingerprint density at radius 1 is 1.20 bits per heavy atom. The first kappa shape index (κ1) is 19.7. The van der Waals surface area contributed by atoms with Crippen LogP contribution >= 0.6 is 12.4 Å². The van der Waals surface area contributed by atoms with Crippen molar-refractivity contribution in [3.63, 3.8) is 0 Å². The first-order valence-corrected chi connectivity index (χ1v) is 9.00. The molecule has 0 unspecified atom stereocenters. The van der Waals surface area contributed by atoms with Gasteiger partial charge in [0.15, 0.2) is 9.84 Å². The van der Waals surface area contributed by atoms with Crippen LogP contribution in [-0.2, 0) is 14.6 Å². The Kier molecular flexibility index (Phi) is 9.42. The average molecular weight is 327 g/mol. The highest BCUT2D eigenvalue weighted by Crippen LogP contribution is 2.16. The molecule has 7 heteroatoms. The lowest BCUT2D eigenvalue weighted by molar-refractivity contribution is -0.119. The highest BCUT2D eigenvalue weighted by atomic mass is 35.5. The summed E-state index contributed by atoms with van der Waals surface area (Å²) in [5.74, 6) is -0.625. The van der Waals surface area contributed by atoms with Crippen molar-refractivity contribution in [2.24, 2.45) is 5.73 Å². The van der Waals surface area contributed by atoms with Gasteiger partial charge in [0.05, 0.1) is 5.75 Å². The van der Waals surface area contributed by atoms with Crippen molar-refractivity contribution < 1.29 is 13.2 Å². The molecule has 1 saturated carbocycles. The molecule has 0 radical (unpaired) electrons. The molecular formula is C13H27ClN2O3S. The van der Waals surface area contributed by atoms with Gasteiger partial charge in [-0.2, -0.15) is 0 Å². The molecule has 1 rings (SSSR count). The van der Waals surface area contributed by atoms with Crippen LogP contribution in [0, 0.1) is 0 Å². The van der Waals surface area contributed by atoms with Crippen molar-refractivity contribution in [3.05, 3.63) is 0 Å². The second-order valence-electron chi connectivity index (χ2n) is 5.48. The van der Waals surface area contributed by atoms with Gasteiger partial charge in [0.1, 0.15) is 5.75 Å². The number of halogens is 1. The van der Waals surface area contributed by atoms with Gasteiger partial charge in [0.2, 0.25) is 5.91 Å². The van der Waals surface area contributed by atoms with Gasteiger partial charge in [-0.1, -0.05) is 19.8 Å². The Morgan fingerprint density at radius 3 is 2.35 bits per heavy atom. The first-order chi connectivity index (χ1) is 8.93. The Bertz CT molecular complexity index is 379. The zero-order valence-electron chi connectivity index (χ0n) is 12.1. The number of sulfone groups is 1. The molecule has 0 atom stereocenters. The number of nitrogens with one attached hydrogen (secondary N) is 1. The molecule has 0 aliphatic heterocycles. The van der Waals surface area contributed by atoms with E-state index in [9.17, 15) is 13.2 Å². The molecule has 0 aromatic rings. The van der Waals surface area contributed by atoms with Crippen molar-refractivity contribution in [2.45, 2.75) is 64.0 Å². The number of rotatable bonds is 7. The summed E-state index contributed by atoms with van der Waals surface area (Å²) in [4.78, 5) is 11.7. The van der Waals surface area contributed by atoms with Crippen molar-refractivity contribution in [2.75, 3.05) is 11.5 Å². The van der Waals surface area contributed by atoms with Crippen LogP contribution in [0.2, 0.25) is 0 Å². The summed E-state index contributed by atoms with van der Waals surface area (Å²) in [7, 11) is -3.25. The van der Waals surface area contributed by atoms with Gasteiger partial charge in [-0.25, -0.2) is 8.42 Å². The van der Waals surface area contributed by atoms with Gasteiger partial charge in [-0.3, -0.25) is 4.79 Å². The molecule has 5 nitrogen and oxygen atoms in total. The van der Waals surface area contributed by atoms with Crippen LogP contribution in [0.3, 0.4) is 0 Å². The summed E-state index contributed by atoms with van der Waals surface area (Å²) in [6.07, 6.45) is 6.00. The predicted octanol–water partition coefficient (Wildman–Crippen LogP) is 1.40. The van der Waals surface area contributed by atoms with Crippen LogP contribution in [-0.4, -0.2) is 37.9 Å². The van der Waals surface area contributed by atoms with Crippen LogP contribution in [0.15, 0.2) is 0 Å². The first-order valence-electron chi connectivity index (χ1n) is 7.18. The maximum atomic E-state index is 11.7. The van der Waals surface area contributed by atoms with E-state index in [0.29, 0.717) is 6.42 Å². The molecule has 0 saturated heterocycles. The molecule has 1 fully saturated rings. The predicted molar refractivity (Wildman–Crippen MR) is 83.8 cm³/mol. The van der Waals surface area contributed by atoms with E-state index in [-0.39, 0.29) is 41.9 Å². The van der Waals surface area contributed by atoms with E-state index >= 15 is 0 Å².